The fourth-order valence-corrected chi connectivity index (χ4v) is 1.91. The largest absolute Gasteiger partial charge is 0.481 e. The Balaban J connectivity index is 1.85. The van der Waals surface area contributed by atoms with Gasteiger partial charge in [0.1, 0.15) is 0 Å². The van der Waals surface area contributed by atoms with Gasteiger partial charge in [0.05, 0.1) is 5.92 Å². The highest BCUT2D eigenvalue weighted by Gasteiger charge is 2.48. The zero-order valence-corrected chi connectivity index (χ0v) is 6.32. The summed E-state index contributed by atoms with van der Waals surface area (Å²) in [6.45, 7) is 1.61. The molecule has 1 aliphatic carbocycles. The van der Waals surface area contributed by atoms with E-state index >= 15 is 0 Å². The Morgan fingerprint density at radius 1 is 1.55 bits per heavy atom. The van der Waals surface area contributed by atoms with Gasteiger partial charge in [-0.1, -0.05) is 0 Å². The molecule has 1 aliphatic heterocycles. The fourth-order valence-electron chi connectivity index (χ4n) is 1.91. The summed E-state index contributed by atoms with van der Waals surface area (Å²) in [4.78, 5) is 10.5. The van der Waals surface area contributed by atoms with Crippen molar-refractivity contribution in [1.29, 1.82) is 0 Å². The van der Waals surface area contributed by atoms with E-state index in [0.29, 0.717) is 11.8 Å². The molecule has 11 heavy (non-hydrogen) atoms. The molecular weight excluding hydrogens is 144 g/mol. The highest BCUT2D eigenvalue weighted by Crippen LogP contribution is 2.47. The van der Waals surface area contributed by atoms with Gasteiger partial charge in [-0.15, -0.1) is 0 Å². The van der Waals surface area contributed by atoms with Gasteiger partial charge in [-0.05, 0) is 24.7 Å². The molecule has 0 aromatic carbocycles. The zero-order valence-electron chi connectivity index (χ0n) is 6.32. The molecule has 3 unspecified atom stereocenters. The van der Waals surface area contributed by atoms with Crippen LogP contribution in [0.1, 0.15) is 12.8 Å². The molecule has 0 radical (unpaired) electrons. The first kappa shape index (κ1) is 7.10. The van der Waals surface area contributed by atoms with Crippen molar-refractivity contribution < 1.29 is 14.6 Å². The molecule has 2 aliphatic rings. The van der Waals surface area contributed by atoms with Crippen LogP contribution in [-0.4, -0.2) is 24.3 Å². The molecule has 1 N–H and O–H groups in total. The predicted molar refractivity (Wildman–Crippen MR) is 38.2 cm³/mol. The van der Waals surface area contributed by atoms with Gasteiger partial charge in [0, 0.05) is 13.2 Å². The molecule has 2 fully saturated rings. The van der Waals surface area contributed by atoms with Crippen molar-refractivity contribution in [2.75, 3.05) is 13.2 Å². The minimum Gasteiger partial charge on any atom is -0.481 e. The Bertz CT molecular complexity index is 172. The summed E-state index contributed by atoms with van der Waals surface area (Å²) < 4.78 is 5.19. The van der Waals surface area contributed by atoms with Gasteiger partial charge in [0.25, 0.3) is 0 Å². The lowest BCUT2D eigenvalue weighted by atomic mass is 10.0. The second-order valence-corrected chi connectivity index (χ2v) is 3.47. The van der Waals surface area contributed by atoms with E-state index < -0.39 is 5.97 Å². The van der Waals surface area contributed by atoms with E-state index in [4.69, 9.17) is 9.84 Å². The van der Waals surface area contributed by atoms with Crippen LogP contribution in [-0.2, 0) is 9.53 Å². The van der Waals surface area contributed by atoms with Crippen LogP contribution >= 0.6 is 0 Å². The van der Waals surface area contributed by atoms with E-state index in [9.17, 15) is 4.79 Å². The summed E-state index contributed by atoms with van der Waals surface area (Å²) in [7, 11) is 0. The lowest BCUT2D eigenvalue weighted by Gasteiger charge is -2.02. The van der Waals surface area contributed by atoms with Crippen LogP contribution in [0.5, 0.6) is 0 Å². The van der Waals surface area contributed by atoms with Crippen LogP contribution < -0.4 is 0 Å². The molecule has 2 rings (SSSR count). The van der Waals surface area contributed by atoms with E-state index in [1.807, 2.05) is 0 Å². The van der Waals surface area contributed by atoms with Crippen molar-refractivity contribution in [3.63, 3.8) is 0 Å². The third-order valence-corrected chi connectivity index (χ3v) is 2.73. The molecule has 3 nitrogen and oxygen atoms in total. The SMILES string of the molecule is O=C(O)C1CC1C1CCOC1. The maximum Gasteiger partial charge on any atom is 0.306 e. The number of ether oxygens (including phenoxy) is 1. The van der Waals surface area contributed by atoms with Gasteiger partial charge in [0.2, 0.25) is 0 Å². The number of carbonyl (C=O) groups is 1. The summed E-state index contributed by atoms with van der Waals surface area (Å²) in [5.41, 5.74) is 0. The second-order valence-electron chi connectivity index (χ2n) is 3.47. The fraction of sp³-hybridized carbons (Fsp3) is 0.875. The maximum atomic E-state index is 10.5. The Kier molecular flexibility index (Phi) is 1.60. The molecule has 1 heterocycles. The Morgan fingerprint density at radius 3 is 2.82 bits per heavy atom. The number of hydrogen-bond donors (Lipinski definition) is 1. The highest BCUT2D eigenvalue weighted by molar-refractivity contribution is 5.73. The molecule has 0 aromatic heterocycles. The van der Waals surface area contributed by atoms with Crippen LogP contribution in [0.3, 0.4) is 0 Å². The number of carboxylic acids is 1. The first-order valence-electron chi connectivity index (χ1n) is 4.09. The van der Waals surface area contributed by atoms with Gasteiger partial charge in [-0.3, -0.25) is 4.79 Å². The number of rotatable bonds is 2. The average Bonchev–Trinajstić information content (AvgIpc) is 2.60. The van der Waals surface area contributed by atoms with Crippen molar-refractivity contribution in [3.8, 4) is 0 Å². The van der Waals surface area contributed by atoms with Crippen LogP contribution in [0.2, 0.25) is 0 Å². The smallest absolute Gasteiger partial charge is 0.306 e. The highest BCUT2D eigenvalue weighted by atomic mass is 16.5. The molecule has 3 heteroatoms. The lowest BCUT2D eigenvalue weighted by molar-refractivity contribution is -0.139. The van der Waals surface area contributed by atoms with Crippen molar-refractivity contribution in [2.24, 2.45) is 17.8 Å². The standard InChI is InChI=1S/C8H12O3/c9-8(10)7-3-6(7)5-1-2-11-4-5/h5-7H,1-4H2,(H,9,10). The Hall–Kier alpha value is -0.570. The van der Waals surface area contributed by atoms with Crippen LogP contribution in [0.15, 0.2) is 0 Å². The van der Waals surface area contributed by atoms with Crippen molar-refractivity contribution in [2.45, 2.75) is 12.8 Å². The number of carboxylic acid groups (broad SMARTS) is 1. The van der Waals surface area contributed by atoms with Gasteiger partial charge < -0.3 is 9.84 Å². The van der Waals surface area contributed by atoms with E-state index in [0.717, 1.165) is 26.1 Å². The molecule has 3 atom stereocenters. The van der Waals surface area contributed by atoms with Gasteiger partial charge in [0.15, 0.2) is 0 Å². The van der Waals surface area contributed by atoms with Crippen molar-refractivity contribution in [1.82, 2.24) is 0 Å². The quantitative estimate of drug-likeness (QED) is 0.641. The first-order chi connectivity index (χ1) is 5.29. The molecule has 1 saturated carbocycles. The maximum absolute atomic E-state index is 10.5. The van der Waals surface area contributed by atoms with Crippen molar-refractivity contribution >= 4 is 5.97 Å². The summed E-state index contributed by atoms with van der Waals surface area (Å²) in [5, 5.41) is 8.64. The zero-order chi connectivity index (χ0) is 7.84. The van der Waals surface area contributed by atoms with E-state index in [1.54, 1.807) is 0 Å². The minimum atomic E-state index is -0.623. The number of hydrogen-bond acceptors (Lipinski definition) is 2. The molecule has 62 valence electrons. The molecular formula is C8H12O3. The Morgan fingerprint density at radius 2 is 2.36 bits per heavy atom. The predicted octanol–water partition coefficient (Wildman–Crippen LogP) is 0.744. The summed E-state index contributed by atoms with van der Waals surface area (Å²) in [5.74, 6) is 0.287. The molecule has 0 spiro atoms. The second kappa shape index (κ2) is 2.48. The summed E-state index contributed by atoms with van der Waals surface area (Å²) >= 11 is 0. The van der Waals surface area contributed by atoms with Gasteiger partial charge in [-0.25, -0.2) is 0 Å². The van der Waals surface area contributed by atoms with E-state index in [-0.39, 0.29) is 5.92 Å². The average molecular weight is 156 g/mol. The third-order valence-electron chi connectivity index (χ3n) is 2.73. The van der Waals surface area contributed by atoms with Gasteiger partial charge in [-0.2, -0.15) is 0 Å². The molecule has 1 saturated heterocycles. The summed E-state index contributed by atoms with van der Waals surface area (Å²) in [6, 6.07) is 0. The monoisotopic (exact) mass is 156 g/mol. The van der Waals surface area contributed by atoms with Gasteiger partial charge >= 0.3 is 5.97 Å². The van der Waals surface area contributed by atoms with E-state index in [1.165, 1.54) is 0 Å². The minimum absolute atomic E-state index is 0.0540. The van der Waals surface area contributed by atoms with Crippen LogP contribution in [0, 0.1) is 17.8 Å². The first-order valence-corrected chi connectivity index (χ1v) is 4.09. The van der Waals surface area contributed by atoms with Crippen molar-refractivity contribution in [3.05, 3.63) is 0 Å². The third kappa shape index (κ3) is 1.25. The molecule has 0 amide bonds. The van der Waals surface area contributed by atoms with Crippen LogP contribution in [0.25, 0.3) is 0 Å². The normalized spacial score (nSPS) is 42.4. The number of aliphatic carboxylic acids is 1. The lowest BCUT2D eigenvalue weighted by Crippen LogP contribution is -2.08. The molecule has 0 bridgehead atoms. The van der Waals surface area contributed by atoms with E-state index in [2.05, 4.69) is 0 Å². The summed E-state index contributed by atoms with van der Waals surface area (Å²) in [6.07, 6.45) is 1.94. The molecule has 0 aromatic rings. The van der Waals surface area contributed by atoms with Crippen LogP contribution in [0.4, 0.5) is 0 Å². The topological polar surface area (TPSA) is 46.5 Å². The Labute approximate surface area is 65.4 Å².